The molecule has 0 spiro atoms. The van der Waals surface area contributed by atoms with Crippen LogP contribution < -0.4 is 5.32 Å². The van der Waals surface area contributed by atoms with Gasteiger partial charge in [-0.2, -0.15) is 5.10 Å². The fourth-order valence-electron chi connectivity index (χ4n) is 3.06. The van der Waals surface area contributed by atoms with Gasteiger partial charge in [-0.3, -0.25) is 9.48 Å². The van der Waals surface area contributed by atoms with Gasteiger partial charge in [0.15, 0.2) is 0 Å². The molecule has 2 atom stereocenters. The van der Waals surface area contributed by atoms with Gasteiger partial charge in [-0.05, 0) is 44.7 Å². The highest BCUT2D eigenvalue weighted by molar-refractivity contribution is 5.81. The summed E-state index contributed by atoms with van der Waals surface area (Å²) in [4.78, 5) is 12.1. The van der Waals surface area contributed by atoms with Crippen LogP contribution in [0.5, 0.6) is 0 Å². The van der Waals surface area contributed by atoms with Gasteiger partial charge in [0.1, 0.15) is 5.54 Å². The molecule has 5 nitrogen and oxygen atoms in total. The van der Waals surface area contributed by atoms with Crippen LogP contribution in [0.2, 0.25) is 0 Å². The number of ether oxygens (including phenoxy) is 1. The van der Waals surface area contributed by atoms with Crippen molar-refractivity contribution >= 4 is 5.97 Å². The number of carbonyl (C=O) groups excluding carboxylic acids is 1. The minimum Gasteiger partial charge on any atom is -0.468 e. The molecule has 1 saturated carbocycles. The normalized spacial score (nSPS) is 27.2. The predicted octanol–water partition coefficient (Wildman–Crippen LogP) is 1.83. The largest absolute Gasteiger partial charge is 0.468 e. The van der Waals surface area contributed by atoms with E-state index in [1.165, 1.54) is 7.11 Å². The van der Waals surface area contributed by atoms with Crippen LogP contribution in [0.4, 0.5) is 0 Å². The number of hydrogen-bond acceptors (Lipinski definition) is 4. The Balaban J connectivity index is 2.19. The summed E-state index contributed by atoms with van der Waals surface area (Å²) in [6.07, 6.45) is 7.56. The first-order valence-corrected chi connectivity index (χ1v) is 6.95. The predicted molar refractivity (Wildman–Crippen MR) is 72.9 cm³/mol. The summed E-state index contributed by atoms with van der Waals surface area (Å²) >= 11 is 0. The van der Waals surface area contributed by atoms with Crippen molar-refractivity contribution in [3.05, 3.63) is 18.0 Å². The number of hydrogen-bond donors (Lipinski definition) is 1. The molecule has 1 aromatic rings. The Hall–Kier alpha value is -1.36. The second-order valence-electron chi connectivity index (χ2n) is 5.35. The minimum absolute atomic E-state index is 0.150. The van der Waals surface area contributed by atoms with E-state index >= 15 is 0 Å². The lowest BCUT2D eigenvalue weighted by molar-refractivity contribution is -0.150. The first kappa shape index (κ1) is 14.1. The van der Waals surface area contributed by atoms with Crippen LogP contribution >= 0.6 is 0 Å². The molecule has 0 amide bonds. The molecular weight excluding hydrogens is 242 g/mol. The Kier molecular flexibility index (Phi) is 4.24. The van der Waals surface area contributed by atoms with Crippen molar-refractivity contribution in [2.75, 3.05) is 13.7 Å². The molecule has 19 heavy (non-hydrogen) atoms. The molecule has 0 radical (unpaired) electrons. The van der Waals surface area contributed by atoms with E-state index < -0.39 is 5.54 Å². The molecule has 0 saturated heterocycles. The molecule has 2 unspecified atom stereocenters. The number of aromatic nitrogens is 2. The molecule has 1 fully saturated rings. The number of methoxy groups -OCH3 is 1. The third-order valence-corrected chi connectivity index (χ3v) is 3.92. The highest BCUT2D eigenvalue weighted by Gasteiger charge is 2.43. The number of esters is 1. The standard InChI is InChI=1S/C14H23N3O2/c1-4-15-14(13(18)19-3)7-5-6-12(8-14)17-10-11(2)9-16-17/h9-10,12,15H,4-8H2,1-3H3. The summed E-state index contributed by atoms with van der Waals surface area (Å²) in [6, 6.07) is 0.264. The fraction of sp³-hybridized carbons (Fsp3) is 0.714. The molecule has 1 aliphatic carbocycles. The Bertz CT molecular complexity index is 440. The molecule has 0 aromatic carbocycles. The molecule has 5 heteroatoms. The van der Waals surface area contributed by atoms with Crippen LogP contribution in [-0.4, -0.2) is 34.9 Å². The molecule has 2 rings (SSSR count). The topological polar surface area (TPSA) is 56.1 Å². The van der Waals surface area contributed by atoms with Crippen molar-refractivity contribution in [1.82, 2.24) is 15.1 Å². The van der Waals surface area contributed by atoms with Gasteiger partial charge in [-0.15, -0.1) is 0 Å². The zero-order valence-corrected chi connectivity index (χ0v) is 12.0. The van der Waals surface area contributed by atoms with E-state index in [0.717, 1.165) is 37.8 Å². The highest BCUT2D eigenvalue weighted by Crippen LogP contribution is 2.36. The third-order valence-electron chi connectivity index (χ3n) is 3.92. The van der Waals surface area contributed by atoms with E-state index in [1.807, 2.05) is 30.9 Å². The van der Waals surface area contributed by atoms with Crippen LogP contribution in [0.15, 0.2) is 12.4 Å². The molecule has 0 bridgehead atoms. The Morgan fingerprint density at radius 1 is 1.68 bits per heavy atom. The van der Waals surface area contributed by atoms with E-state index in [4.69, 9.17) is 4.74 Å². The van der Waals surface area contributed by atoms with Crippen LogP contribution in [0, 0.1) is 6.92 Å². The number of aryl methyl sites for hydroxylation is 1. The van der Waals surface area contributed by atoms with E-state index in [-0.39, 0.29) is 12.0 Å². The molecule has 1 heterocycles. The van der Waals surface area contributed by atoms with Gasteiger partial charge in [-0.25, -0.2) is 0 Å². The van der Waals surface area contributed by atoms with Crippen molar-refractivity contribution in [3.63, 3.8) is 0 Å². The van der Waals surface area contributed by atoms with Crippen molar-refractivity contribution in [2.45, 2.75) is 51.1 Å². The van der Waals surface area contributed by atoms with Crippen LogP contribution in [0.3, 0.4) is 0 Å². The van der Waals surface area contributed by atoms with Gasteiger partial charge in [0, 0.05) is 6.20 Å². The van der Waals surface area contributed by atoms with Crippen molar-refractivity contribution in [1.29, 1.82) is 0 Å². The second kappa shape index (κ2) is 5.74. The van der Waals surface area contributed by atoms with E-state index in [1.54, 1.807) is 0 Å². The number of likely N-dealkylation sites (N-methyl/N-ethyl adjacent to an activating group) is 1. The van der Waals surface area contributed by atoms with Crippen molar-refractivity contribution in [3.8, 4) is 0 Å². The molecule has 106 valence electrons. The van der Waals surface area contributed by atoms with Crippen molar-refractivity contribution in [2.24, 2.45) is 0 Å². The minimum atomic E-state index is -0.549. The third kappa shape index (κ3) is 2.81. The second-order valence-corrected chi connectivity index (χ2v) is 5.35. The molecule has 1 N–H and O–H groups in total. The lowest BCUT2D eigenvalue weighted by atomic mass is 9.79. The van der Waals surface area contributed by atoms with Gasteiger partial charge in [-0.1, -0.05) is 6.92 Å². The van der Waals surface area contributed by atoms with Gasteiger partial charge in [0.2, 0.25) is 0 Å². The van der Waals surface area contributed by atoms with Crippen LogP contribution in [0.25, 0.3) is 0 Å². The monoisotopic (exact) mass is 265 g/mol. The zero-order chi connectivity index (χ0) is 13.9. The van der Waals surface area contributed by atoms with Crippen LogP contribution in [0.1, 0.15) is 44.2 Å². The van der Waals surface area contributed by atoms with Gasteiger partial charge in [0.25, 0.3) is 0 Å². The highest BCUT2D eigenvalue weighted by atomic mass is 16.5. The lowest BCUT2D eigenvalue weighted by Crippen LogP contribution is -2.55. The summed E-state index contributed by atoms with van der Waals surface area (Å²) in [5.74, 6) is -0.150. The maximum Gasteiger partial charge on any atom is 0.326 e. The molecule has 1 aliphatic rings. The number of nitrogens with one attached hydrogen (secondary N) is 1. The molecular formula is C14H23N3O2. The summed E-state index contributed by atoms with van der Waals surface area (Å²) in [5.41, 5.74) is 0.601. The summed E-state index contributed by atoms with van der Waals surface area (Å²) in [5, 5.41) is 7.73. The van der Waals surface area contributed by atoms with Gasteiger partial charge < -0.3 is 10.1 Å². The lowest BCUT2D eigenvalue weighted by Gasteiger charge is -2.39. The number of carbonyl (C=O) groups is 1. The number of rotatable bonds is 4. The fourth-order valence-corrected chi connectivity index (χ4v) is 3.06. The summed E-state index contributed by atoms with van der Waals surface area (Å²) < 4.78 is 6.99. The SMILES string of the molecule is CCNC1(C(=O)OC)CCCC(n2cc(C)cn2)C1. The van der Waals surface area contributed by atoms with E-state index in [0.29, 0.717) is 0 Å². The first-order valence-electron chi connectivity index (χ1n) is 6.95. The smallest absolute Gasteiger partial charge is 0.326 e. The number of nitrogens with zero attached hydrogens (tertiary/aromatic N) is 2. The Labute approximate surface area is 114 Å². The molecule has 0 aliphatic heterocycles. The van der Waals surface area contributed by atoms with Gasteiger partial charge in [0.05, 0.1) is 19.3 Å². The molecule has 1 aromatic heterocycles. The quantitative estimate of drug-likeness (QED) is 0.844. The van der Waals surface area contributed by atoms with Crippen LogP contribution in [-0.2, 0) is 9.53 Å². The maximum absolute atomic E-state index is 12.1. The Morgan fingerprint density at radius 3 is 3.05 bits per heavy atom. The maximum atomic E-state index is 12.1. The first-order chi connectivity index (χ1) is 9.11. The van der Waals surface area contributed by atoms with E-state index in [9.17, 15) is 4.79 Å². The summed E-state index contributed by atoms with van der Waals surface area (Å²) in [6.45, 7) is 4.82. The zero-order valence-electron chi connectivity index (χ0n) is 12.0. The van der Waals surface area contributed by atoms with Gasteiger partial charge >= 0.3 is 5.97 Å². The van der Waals surface area contributed by atoms with E-state index in [2.05, 4.69) is 10.4 Å². The van der Waals surface area contributed by atoms with Crippen molar-refractivity contribution < 1.29 is 9.53 Å². The average molecular weight is 265 g/mol. The Morgan fingerprint density at radius 2 is 2.47 bits per heavy atom. The summed E-state index contributed by atoms with van der Waals surface area (Å²) in [7, 11) is 1.46. The average Bonchev–Trinajstić information content (AvgIpc) is 2.85.